The van der Waals surface area contributed by atoms with Gasteiger partial charge in [0.1, 0.15) is 10.7 Å². The topological polar surface area (TPSA) is 92.8 Å². The van der Waals surface area contributed by atoms with Crippen LogP contribution in [0, 0.1) is 23.6 Å². The third-order valence-corrected chi connectivity index (χ3v) is 9.17. The summed E-state index contributed by atoms with van der Waals surface area (Å²) in [5.41, 5.74) is -0.101. The number of hydrogen-bond acceptors (Lipinski definition) is 5. The molecule has 1 saturated heterocycles. The maximum absolute atomic E-state index is 14.3. The van der Waals surface area contributed by atoms with Crippen molar-refractivity contribution >= 4 is 21.9 Å². The van der Waals surface area contributed by atoms with Gasteiger partial charge in [0.15, 0.2) is 6.61 Å². The van der Waals surface area contributed by atoms with Crippen molar-refractivity contribution in [2.45, 2.75) is 62.8 Å². The van der Waals surface area contributed by atoms with Crippen LogP contribution in [0.1, 0.15) is 62.2 Å². The van der Waals surface area contributed by atoms with Gasteiger partial charge in [-0.1, -0.05) is 12.8 Å². The highest BCUT2D eigenvalue weighted by Gasteiger charge is 2.42. The Balaban J connectivity index is 1.35. The smallest absolute Gasteiger partial charge is 0.338 e. The van der Waals surface area contributed by atoms with E-state index >= 15 is 0 Å². The highest BCUT2D eigenvalue weighted by molar-refractivity contribution is 7.89. The van der Waals surface area contributed by atoms with Gasteiger partial charge in [-0.25, -0.2) is 17.6 Å². The van der Waals surface area contributed by atoms with Crippen molar-refractivity contribution < 1.29 is 27.1 Å². The van der Waals surface area contributed by atoms with Crippen molar-refractivity contribution in [1.82, 2.24) is 9.62 Å². The highest BCUT2D eigenvalue weighted by atomic mass is 32.2. The summed E-state index contributed by atoms with van der Waals surface area (Å²) in [6.45, 7) is 2.19. The molecule has 4 rings (SSSR count). The molecular formula is C23H31FN2O5S. The van der Waals surface area contributed by atoms with E-state index in [1.807, 2.05) is 6.92 Å². The van der Waals surface area contributed by atoms with Crippen molar-refractivity contribution in [1.29, 1.82) is 0 Å². The summed E-state index contributed by atoms with van der Waals surface area (Å²) in [5.74, 6) is -0.259. The lowest BCUT2D eigenvalue weighted by atomic mass is 9.84. The van der Waals surface area contributed by atoms with E-state index in [-0.39, 0.29) is 11.6 Å². The number of piperidine rings is 1. The Bertz CT molecular complexity index is 977. The van der Waals surface area contributed by atoms with Crippen molar-refractivity contribution in [3.05, 3.63) is 29.6 Å². The minimum Gasteiger partial charge on any atom is -0.452 e. The molecular weight excluding hydrogens is 435 g/mol. The number of hydrogen-bond donors (Lipinski definition) is 1. The number of benzene rings is 1. The highest BCUT2D eigenvalue weighted by Crippen LogP contribution is 2.49. The Morgan fingerprint density at radius 2 is 1.94 bits per heavy atom. The lowest BCUT2D eigenvalue weighted by molar-refractivity contribution is -0.125. The number of ether oxygens (including phenoxy) is 1. The van der Waals surface area contributed by atoms with Crippen LogP contribution >= 0.6 is 0 Å². The minimum absolute atomic E-state index is 0.0172. The molecule has 9 heteroatoms. The number of carbonyl (C=O) groups excluding carboxylic acids is 2. The molecule has 7 nitrogen and oxygen atoms in total. The molecule has 1 heterocycles. The number of fused-ring (bicyclic) bond motifs is 2. The minimum atomic E-state index is -4.04. The second kappa shape index (κ2) is 9.47. The summed E-state index contributed by atoms with van der Waals surface area (Å²) in [5, 5.41) is 2.92. The van der Waals surface area contributed by atoms with Gasteiger partial charge in [-0.05, 0) is 75.0 Å². The fourth-order valence-electron chi connectivity index (χ4n) is 5.60. The molecule has 0 aromatic heterocycles. The number of carbonyl (C=O) groups is 2. The van der Waals surface area contributed by atoms with Gasteiger partial charge < -0.3 is 10.1 Å². The van der Waals surface area contributed by atoms with Crippen LogP contribution in [0.25, 0.3) is 0 Å². The summed E-state index contributed by atoms with van der Waals surface area (Å²) in [6, 6.07) is 3.13. The van der Waals surface area contributed by atoms with Crippen LogP contribution in [-0.2, 0) is 19.6 Å². The third-order valence-electron chi connectivity index (χ3n) is 7.26. The van der Waals surface area contributed by atoms with E-state index in [0.29, 0.717) is 24.9 Å². The number of nitrogens with one attached hydrogen (secondary N) is 1. The van der Waals surface area contributed by atoms with Gasteiger partial charge in [0.05, 0.1) is 5.56 Å². The number of amides is 1. The van der Waals surface area contributed by atoms with Crippen LogP contribution in [-0.4, -0.2) is 50.3 Å². The predicted molar refractivity (Wildman–Crippen MR) is 116 cm³/mol. The zero-order chi connectivity index (χ0) is 22.9. The molecule has 0 spiro atoms. The van der Waals surface area contributed by atoms with E-state index < -0.39 is 39.2 Å². The molecule has 32 heavy (non-hydrogen) atoms. The van der Waals surface area contributed by atoms with E-state index in [2.05, 4.69) is 5.32 Å². The van der Waals surface area contributed by atoms with Gasteiger partial charge >= 0.3 is 5.97 Å². The van der Waals surface area contributed by atoms with Crippen molar-refractivity contribution in [3.63, 3.8) is 0 Å². The molecule has 1 aliphatic heterocycles. The fraction of sp³-hybridized carbons (Fsp3) is 0.652. The number of halogens is 1. The molecule has 0 radical (unpaired) electrons. The van der Waals surface area contributed by atoms with E-state index in [0.717, 1.165) is 43.7 Å². The monoisotopic (exact) mass is 466 g/mol. The standard InChI is InChI=1S/C23H31FN2O5S/c1-15(19-12-16-5-6-17(19)11-16)25-22(27)14-31-23(28)18-7-8-20(24)21(13-18)32(29,30)26-9-3-2-4-10-26/h7-8,13,15-17,19H,2-6,9-12,14H2,1H3,(H,25,27). The van der Waals surface area contributed by atoms with Gasteiger partial charge in [-0.2, -0.15) is 4.31 Å². The lowest BCUT2D eigenvalue weighted by Gasteiger charge is -2.28. The molecule has 2 saturated carbocycles. The molecule has 3 aliphatic rings. The maximum atomic E-state index is 14.3. The summed E-state index contributed by atoms with van der Waals surface area (Å²) in [4.78, 5) is 24.2. The Labute approximate surface area is 188 Å². The van der Waals surface area contributed by atoms with Crippen molar-refractivity contribution in [3.8, 4) is 0 Å². The molecule has 1 aromatic rings. The molecule has 1 N–H and O–H groups in total. The summed E-state index contributed by atoms with van der Waals surface area (Å²) in [6.07, 6.45) is 7.26. The molecule has 4 unspecified atom stereocenters. The summed E-state index contributed by atoms with van der Waals surface area (Å²) in [7, 11) is -4.04. The quantitative estimate of drug-likeness (QED) is 0.624. The first-order valence-electron chi connectivity index (χ1n) is 11.5. The van der Waals surface area contributed by atoms with Crippen LogP contribution in [0.4, 0.5) is 4.39 Å². The van der Waals surface area contributed by atoms with Crippen LogP contribution < -0.4 is 5.32 Å². The van der Waals surface area contributed by atoms with E-state index in [1.54, 1.807) is 0 Å². The van der Waals surface area contributed by atoms with Crippen LogP contribution in [0.5, 0.6) is 0 Å². The van der Waals surface area contributed by atoms with Crippen LogP contribution in [0.2, 0.25) is 0 Å². The molecule has 4 atom stereocenters. The Morgan fingerprint density at radius 1 is 1.19 bits per heavy atom. The second-order valence-corrected chi connectivity index (χ2v) is 11.3. The Kier molecular flexibility index (Phi) is 6.86. The predicted octanol–water partition coefficient (Wildman–Crippen LogP) is 3.10. The number of esters is 1. The first-order valence-corrected chi connectivity index (χ1v) is 13.0. The normalized spacial score (nSPS) is 26.6. The first-order chi connectivity index (χ1) is 15.3. The molecule has 2 bridgehead atoms. The molecule has 3 fully saturated rings. The average Bonchev–Trinajstić information content (AvgIpc) is 3.42. The van der Waals surface area contributed by atoms with E-state index in [1.165, 1.54) is 29.6 Å². The average molecular weight is 467 g/mol. The Morgan fingerprint density at radius 3 is 2.59 bits per heavy atom. The fourth-order valence-corrected chi connectivity index (χ4v) is 7.20. The molecule has 2 aliphatic carbocycles. The van der Waals surface area contributed by atoms with Gasteiger partial charge in [-0.15, -0.1) is 0 Å². The SMILES string of the molecule is CC(NC(=O)COC(=O)c1ccc(F)c(S(=O)(=O)N2CCCCC2)c1)C1CC2CCC1C2. The zero-order valence-electron chi connectivity index (χ0n) is 18.4. The third kappa shape index (κ3) is 4.83. The molecule has 176 valence electrons. The van der Waals surface area contributed by atoms with Crippen LogP contribution in [0.15, 0.2) is 23.1 Å². The zero-order valence-corrected chi connectivity index (χ0v) is 19.2. The lowest BCUT2D eigenvalue weighted by Crippen LogP contribution is -2.42. The van der Waals surface area contributed by atoms with Crippen LogP contribution in [0.3, 0.4) is 0 Å². The van der Waals surface area contributed by atoms with E-state index in [4.69, 9.17) is 4.74 Å². The molecule has 1 amide bonds. The van der Waals surface area contributed by atoms with Gasteiger partial charge in [-0.3, -0.25) is 4.79 Å². The number of sulfonamides is 1. The first kappa shape index (κ1) is 23.2. The summed E-state index contributed by atoms with van der Waals surface area (Å²) < 4.78 is 46.3. The molecule has 1 aromatic carbocycles. The van der Waals surface area contributed by atoms with Gasteiger partial charge in [0, 0.05) is 19.1 Å². The largest absolute Gasteiger partial charge is 0.452 e. The van der Waals surface area contributed by atoms with Crippen molar-refractivity contribution in [2.75, 3.05) is 19.7 Å². The maximum Gasteiger partial charge on any atom is 0.338 e. The van der Waals surface area contributed by atoms with Gasteiger partial charge in [0.25, 0.3) is 5.91 Å². The second-order valence-electron chi connectivity index (χ2n) is 9.38. The van der Waals surface area contributed by atoms with Crippen molar-refractivity contribution in [2.24, 2.45) is 17.8 Å². The number of nitrogens with zero attached hydrogens (tertiary/aromatic N) is 1. The number of rotatable bonds is 7. The van der Waals surface area contributed by atoms with Gasteiger partial charge in [0.2, 0.25) is 10.0 Å². The van der Waals surface area contributed by atoms with E-state index in [9.17, 15) is 22.4 Å². The Hall–Kier alpha value is -2.00. The summed E-state index contributed by atoms with van der Waals surface area (Å²) >= 11 is 0.